The van der Waals surface area contributed by atoms with E-state index in [0.29, 0.717) is 40.8 Å². The maximum absolute atomic E-state index is 13.0. The van der Waals surface area contributed by atoms with Crippen LogP contribution in [-0.4, -0.2) is 69.1 Å². The molecule has 0 aliphatic carbocycles. The molecule has 1 amide bonds. The Morgan fingerprint density at radius 1 is 1.30 bits per heavy atom. The minimum atomic E-state index is -0.545. The number of piperazine rings is 1. The topological polar surface area (TPSA) is 101 Å². The SMILES string of the molecule is CSc1nc2c3c(c[nH]c(=O)c3n1)OC[C@@H]1[C@@H]3CC[C@H](CN21)N3C(=O)OC(C)(C)C. The number of carbonyl (C=O) groups excluding carboxylic acids is 1. The van der Waals surface area contributed by atoms with Crippen LogP contribution in [0.25, 0.3) is 10.9 Å². The molecule has 5 rings (SSSR count). The zero-order valence-corrected chi connectivity index (χ0v) is 18.3. The highest BCUT2D eigenvalue weighted by molar-refractivity contribution is 7.98. The summed E-state index contributed by atoms with van der Waals surface area (Å²) in [4.78, 5) is 41.5. The van der Waals surface area contributed by atoms with E-state index in [9.17, 15) is 9.59 Å². The number of aromatic amines is 1. The van der Waals surface area contributed by atoms with Gasteiger partial charge in [-0.2, -0.15) is 0 Å². The van der Waals surface area contributed by atoms with Gasteiger partial charge in [-0.15, -0.1) is 0 Å². The Kier molecular flexibility index (Phi) is 4.39. The highest BCUT2D eigenvalue weighted by atomic mass is 32.2. The molecule has 0 spiro atoms. The number of carbonyl (C=O) groups is 1. The van der Waals surface area contributed by atoms with Gasteiger partial charge in [-0.25, -0.2) is 14.8 Å². The molecule has 1 N–H and O–H groups in total. The molecule has 9 nitrogen and oxygen atoms in total. The molecule has 160 valence electrons. The van der Waals surface area contributed by atoms with E-state index in [2.05, 4.69) is 14.9 Å². The summed E-state index contributed by atoms with van der Waals surface area (Å²) in [7, 11) is 0. The highest BCUT2D eigenvalue weighted by Gasteiger charge is 2.51. The standard InChI is InChI=1S/C20H25N5O4S/c1-20(2,3)29-19(27)25-10-5-6-11(25)12-9-28-13-7-21-17(26)15-14(13)16(24(12)8-10)23-18(22-15)30-4/h7,10-12H,5-6,8-9H2,1-4H3,(H,21,26)/t10-,11+,12-/m1/s1. The number of amides is 1. The molecule has 0 radical (unpaired) electrons. The van der Waals surface area contributed by atoms with E-state index in [-0.39, 0.29) is 29.8 Å². The number of fused-ring (bicyclic) bond motifs is 5. The van der Waals surface area contributed by atoms with E-state index in [0.717, 1.165) is 12.8 Å². The van der Waals surface area contributed by atoms with Crippen LogP contribution < -0.4 is 15.2 Å². The first-order chi connectivity index (χ1) is 14.3. The number of nitrogens with zero attached hydrogens (tertiary/aromatic N) is 4. The largest absolute Gasteiger partial charge is 0.489 e. The van der Waals surface area contributed by atoms with Crippen LogP contribution in [-0.2, 0) is 4.74 Å². The van der Waals surface area contributed by atoms with Crippen LogP contribution in [0.1, 0.15) is 33.6 Å². The zero-order valence-electron chi connectivity index (χ0n) is 17.5. The van der Waals surface area contributed by atoms with Gasteiger partial charge >= 0.3 is 6.09 Å². The van der Waals surface area contributed by atoms with Crippen LogP contribution in [0.4, 0.5) is 10.6 Å². The molecule has 3 atom stereocenters. The van der Waals surface area contributed by atoms with E-state index in [4.69, 9.17) is 14.5 Å². The fourth-order valence-electron chi connectivity index (χ4n) is 4.76. The van der Waals surface area contributed by atoms with Gasteiger partial charge in [0.2, 0.25) is 0 Å². The Labute approximate surface area is 178 Å². The molecule has 0 aromatic carbocycles. The van der Waals surface area contributed by atoms with E-state index >= 15 is 0 Å². The lowest BCUT2D eigenvalue weighted by atomic mass is 10.0. The Morgan fingerprint density at radius 2 is 2.10 bits per heavy atom. The van der Waals surface area contributed by atoms with Crippen LogP contribution in [0.5, 0.6) is 5.75 Å². The average Bonchev–Trinajstić information content (AvgIpc) is 2.92. The van der Waals surface area contributed by atoms with Crippen LogP contribution in [0.15, 0.2) is 16.1 Å². The van der Waals surface area contributed by atoms with Crippen molar-refractivity contribution in [3.05, 3.63) is 16.6 Å². The first-order valence-corrected chi connectivity index (χ1v) is 11.4. The van der Waals surface area contributed by atoms with Gasteiger partial charge in [0.25, 0.3) is 5.56 Å². The van der Waals surface area contributed by atoms with Crippen molar-refractivity contribution in [1.82, 2.24) is 19.9 Å². The third-order valence-electron chi connectivity index (χ3n) is 5.93. The Bertz CT molecular complexity index is 1080. The molecule has 0 saturated carbocycles. The van der Waals surface area contributed by atoms with Crippen molar-refractivity contribution in [1.29, 1.82) is 0 Å². The van der Waals surface area contributed by atoms with Crippen molar-refractivity contribution in [3.63, 3.8) is 0 Å². The number of hydrogen-bond donors (Lipinski definition) is 1. The molecule has 2 aromatic rings. The number of thioether (sulfide) groups is 1. The van der Waals surface area contributed by atoms with Gasteiger partial charge in [0.05, 0.1) is 23.5 Å². The van der Waals surface area contributed by atoms with E-state index in [1.807, 2.05) is 31.9 Å². The molecule has 3 aliphatic rings. The van der Waals surface area contributed by atoms with Gasteiger partial charge in [-0.3, -0.25) is 9.69 Å². The van der Waals surface area contributed by atoms with E-state index < -0.39 is 5.60 Å². The third-order valence-corrected chi connectivity index (χ3v) is 6.48. The maximum Gasteiger partial charge on any atom is 0.410 e. The van der Waals surface area contributed by atoms with Crippen molar-refractivity contribution < 1.29 is 14.3 Å². The number of aromatic nitrogens is 3. The molecule has 3 aliphatic heterocycles. The maximum atomic E-state index is 13.0. The van der Waals surface area contributed by atoms with Crippen molar-refractivity contribution in [2.75, 3.05) is 24.3 Å². The first kappa shape index (κ1) is 19.5. The van der Waals surface area contributed by atoms with Gasteiger partial charge in [0.1, 0.15) is 29.3 Å². The number of ether oxygens (including phenoxy) is 2. The summed E-state index contributed by atoms with van der Waals surface area (Å²) >= 11 is 1.40. The Hall–Kier alpha value is -2.49. The average molecular weight is 432 g/mol. The summed E-state index contributed by atoms with van der Waals surface area (Å²) in [6, 6.07) is -0.0784. The minimum absolute atomic E-state index is 0.0346. The van der Waals surface area contributed by atoms with Crippen molar-refractivity contribution >= 4 is 34.6 Å². The lowest BCUT2D eigenvalue weighted by Crippen LogP contribution is -2.63. The monoisotopic (exact) mass is 431 g/mol. The normalized spacial score (nSPS) is 25.0. The molecule has 10 heteroatoms. The number of nitrogens with one attached hydrogen (secondary N) is 1. The number of H-pyrrole nitrogens is 1. The summed E-state index contributed by atoms with van der Waals surface area (Å²) < 4.78 is 11.8. The fourth-order valence-corrected chi connectivity index (χ4v) is 5.12. The number of hydrogen-bond acceptors (Lipinski definition) is 8. The molecule has 2 saturated heterocycles. The number of anilines is 1. The van der Waals surface area contributed by atoms with Gasteiger partial charge in [-0.05, 0) is 39.9 Å². The van der Waals surface area contributed by atoms with E-state index in [1.165, 1.54) is 11.8 Å². The molecule has 30 heavy (non-hydrogen) atoms. The van der Waals surface area contributed by atoms with Crippen molar-refractivity contribution in [3.8, 4) is 5.75 Å². The summed E-state index contributed by atoms with van der Waals surface area (Å²) in [5.41, 5.74) is -0.467. The van der Waals surface area contributed by atoms with E-state index in [1.54, 1.807) is 6.20 Å². The summed E-state index contributed by atoms with van der Waals surface area (Å²) in [5.74, 6) is 1.29. The predicted octanol–water partition coefficient (Wildman–Crippen LogP) is 2.39. The summed E-state index contributed by atoms with van der Waals surface area (Å²) in [6.07, 6.45) is 4.99. The summed E-state index contributed by atoms with van der Waals surface area (Å²) in [6.45, 7) is 6.66. The van der Waals surface area contributed by atoms with Gasteiger partial charge < -0.3 is 19.4 Å². The lowest BCUT2D eigenvalue weighted by molar-refractivity contribution is 0.00546. The van der Waals surface area contributed by atoms with Crippen LogP contribution in [0.2, 0.25) is 0 Å². The number of pyridine rings is 1. The molecule has 2 bridgehead atoms. The van der Waals surface area contributed by atoms with Gasteiger partial charge in [0.15, 0.2) is 5.16 Å². The first-order valence-electron chi connectivity index (χ1n) is 10.1. The smallest absolute Gasteiger partial charge is 0.410 e. The Balaban J connectivity index is 1.59. The summed E-state index contributed by atoms with van der Waals surface area (Å²) in [5, 5.41) is 1.19. The quantitative estimate of drug-likeness (QED) is 0.543. The second kappa shape index (κ2) is 6.76. The predicted molar refractivity (Wildman–Crippen MR) is 113 cm³/mol. The van der Waals surface area contributed by atoms with Crippen molar-refractivity contribution in [2.45, 2.75) is 62.5 Å². The molecule has 2 aromatic heterocycles. The van der Waals surface area contributed by atoms with Crippen LogP contribution in [0.3, 0.4) is 0 Å². The van der Waals surface area contributed by atoms with Gasteiger partial charge in [0, 0.05) is 12.7 Å². The molecule has 5 heterocycles. The second-order valence-corrected chi connectivity index (χ2v) is 9.73. The fraction of sp³-hybridized carbons (Fsp3) is 0.600. The minimum Gasteiger partial charge on any atom is -0.489 e. The molecular formula is C20H25N5O4S. The second-order valence-electron chi connectivity index (χ2n) is 8.96. The lowest BCUT2D eigenvalue weighted by Gasteiger charge is -2.46. The number of rotatable bonds is 1. The molecule has 0 unspecified atom stereocenters. The van der Waals surface area contributed by atoms with Crippen molar-refractivity contribution in [2.24, 2.45) is 0 Å². The Morgan fingerprint density at radius 3 is 2.83 bits per heavy atom. The molecule has 2 fully saturated rings. The van der Waals surface area contributed by atoms with Gasteiger partial charge in [-0.1, -0.05) is 11.8 Å². The third kappa shape index (κ3) is 3.00. The van der Waals surface area contributed by atoms with Crippen LogP contribution in [0, 0.1) is 0 Å². The highest BCUT2D eigenvalue weighted by Crippen LogP contribution is 2.42. The zero-order chi connectivity index (χ0) is 21.2. The van der Waals surface area contributed by atoms with Crippen LogP contribution >= 0.6 is 11.8 Å². The molecular weight excluding hydrogens is 406 g/mol.